The molecule has 0 aromatic heterocycles. The topological polar surface area (TPSA) is 60.9 Å². The second-order valence-electron chi connectivity index (χ2n) is 5.09. The molecule has 0 aliphatic carbocycles. The number of carboxylic acids is 1. The number of carboxylic acid groups (broad SMARTS) is 1. The predicted octanol–water partition coefficient (Wildman–Crippen LogP) is 1.85. The highest BCUT2D eigenvalue weighted by molar-refractivity contribution is 5.85. The molecular formula is C13H27ClN2O3. The molecule has 1 N–H and O–H groups in total. The SMILES string of the molecule is CCCN(CC(=O)O)CC(=O)N(C(C)C)C(C)C.Cl. The maximum atomic E-state index is 12.2. The fraction of sp³-hybridized carbons (Fsp3) is 0.846. The number of carbonyl (C=O) groups is 2. The van der Waals surface area contributed by atoms with Gasteiger partial charge in [0.25, 0.3) is 0 Å². The maximum absolute atomic E-state index is 12.2. The van der Waals surface area contributed by atoms with Crippen LogP contribution in [0.2, 0.25) is 0 Å². The molecule has 0 saturated heterocycles. The lowest BCUT2D eigenvalue weighted by Gasteiger charge is -2.32. The summed E-state index contributed by atoms with van der Waals surface area (Å²) in [6, 6.07) is 0.261. The Morgan fingerprint density at radius 3 is 1.84 bits per heavy atom. The fourth-order valence-corrected chi connectivity index (χ4v) is 2.17. The van der Waals surface area contributed by atoms with Crippen LogP contribution in [0.4, 0.5) is 0 Å². The molecule has 0 heterocycles. The Hall–Kier alpha value is -0.810. The smallest absolute Gasteiger partial charge is 0.317 e. The highest BCUT2D eigenvalue weighted by Gasteiger charge is 2.22. The van der Waals surface area contributed by atoms with Gasteiger partial charge in [0.1, 0.15) is 0 Å². The second kappa shape index (κ2) is 10.0. The van der Waals surface area contributed by atoms with Crippen molar-refractivity contribution in [1.29, 1.82) is 0 Å². The molecule has 0 rings (SSSR count). The van der Waals surface area contributed by atoms with Gasteiger partial charge < -0.3 is 10.0 Å². The molecule has 114 valence electrons. The van der Waals surface area contributed by atoms with Crippen molar-refractivity contribution >= 4 is 24.3 Å². The van der Waals surface area contributed by atoms with Gasteiger partial charge in [-0.3, -0.25) is 14.5 Å². The normalized spacial score (nSPS) is 10.7. The zero-order chi connectivity index (χ0) is 14.3. The monoisotopic (exact) mass is 294 g/mol. The molecule has 0 aromatic rings. The van der Waals surface area contributed by atoms with Crippen LogP contribution in [0.15, 0.2) is 0 Å². The van der Waals surface area contributed by atoms with Gasteiger partial charge in [0.15, 0.2) is 0 Å². The summed E-state index contributed by atoms with van der Waals surface area (Å²) in [7, 11) is 0. The number of halogens is 1. The molecule has 6 heteroatoms. The number of aliphatic carboxylic acids is 1. The molecule has 0 unspecified atom stereocenters. The molecule has 0 aliphatic rings. The van der Waals surface area contributed by atoms with Crippen LogP contribution in [-0.2, 0) is 9.59 Å². The Balaban J connectivity index is 0. The predicted molar refractivity (Wildman–Crippen MR) is 78.7 cm³/mol. The first-order valence-corrected chi connectivity index (χ1v) is 6.54. The summed E-state index contributed by atoms with van der Waals surface area (Å²) >= 11 is 0. The van der Waals surface area contributed by atoms with Gasteiger partial charge in [-0.15, -0.1) is 12.4 Å². The van der Waals surface area contributed by atoms with Crippen molar-refractivity contribution < 1.29 is 14.7 Å². The van der Waals surface area contributed by atoms with Crippen molar-refractivity contribution in [1.82, 2.24) is 9.80 Å². The number of carbonyl (C=O) groups excluding carboxylic acids is 1. The van der Waals surface area contributed by atoms with Crippen molar-refractivity contribution in [2.24, 2.45) is 0 Å². The van der Waals surface area contributed by atoms with Gasteiger partial charge in [-0.2, -0.15) is 0 Å². The number of rotatable bonds is 8. The molecule has 0 spiro atoms. The van der Waals surface area contributed by atoms with E-state index in [2.05, 4.69) is 0 Å². The number of amides is 1. The van der Waals surface area contributed by atoms with Crippen LogP contribution in [0, 0.1) is 0 Å². The minimum Gasteiger partial charge on any atom is -0.480 e. The molecule has 0 bridgehead atoms. The molecule has 0 saturated carbocycles. The molecule has 1 amide bonds. The molecule has 0 aliphatic heterocycles. The van der Waals surface area contributed by atoms with E-state index in [9.17, 15) is 9.59 Å². The van der Waals surface area contributed by atoms with Gasteiger partial charge in [-0.25, -0.2) is 0 Å². The van der Waals surface area contributed by atoms with Gasteiger partial charge in [-0.1, -0.05) is 6.92 Å². The third kappa shape index (κ3) is 8.06. The number of hydrogen-bond donors (Lipinski definition) is 1. The quantitative estimate of drug-likeness (QED) is 0.742. The first kappa shape index (κ1) is 20.5. The summed E-state index contributed by atoms with van der Waals surface area (Å²) < 4.78 is 0. The van der Waals surface area contributed by atoms with E-state index in [-0.39, 0.29) is 43.5 Å². The van der Waals surface area contributed by atoms with E-state index in [0.29, 0.717) is 6.54 Å². The van der Waals surface area contributed by atoms with E-state index in [0.717, 1.165) is 6.42 Å². The zero-order valence-electron chi connectivity index (χ0n) is 12.5. The first-order valence-electron chi connectivity index (χ1n) is 6.54. The van der Waals surface area contributed by atoms with Crippen molar-refractivity contribution in [3.8, 4) is 0 Å². The lowest BCUT2D eigenvalue weighted by Crippen LogP contribution is -2.48. The lowest BCUT2D eigenvalue weighted by atomic mass is 10.2. The highest BCUT2D eigenvalue weighted by Crippen LogP contribution is 2.07. The minimum absolute atomic E-state index is 0. The first-order chi connectivity index (χ1) is 8.29. The standard InChI is InChI=1S/C13H26N2O3.ClH/c1-6-7-14(9-13(17)18)8-12(16)15(10(2)3)11(4)5;/h10-11H,6-9H2,1-5H3,(H,17,18);1H. The molecule has 5 nitrogen and oxygen atoms in total. The van der Waals surface area contributed by atoms with E-state index < -0.39 is 5.97 Å². The van der Waals surface area contributed by atoms with E-state index >= 15 is 0 Å². The van der Waals surface area contributed by atoms with Crippen molar-refractivity contribution in [3.63, 3.8) is 0 Å². The van der Waals surface area contributed by atoms with Crippen LogP contribution in [0.25, 0.3) is 0 Å². The average molecular weight is 295 g/mol. The highest BCUT2D eigenvalue weighted by atomic mass is 35.5. The summed E-state index contributed by atoms with van der Waals surface area (Å²) in [5, 5.41) is 8.81. The van der Waals surface area contributed by atoms with Crippen LogP contribution in [0.3, 0.4) is 0 Å². The molecule has 0 radical (unpaired) electrons. The van der Waals surface area contributed by atoms with E-state index in [4.69, 9.17) is 5.11 Å². The Morgan fingerprint density at radius 1 is 1.05 bits per heavy atom. The van der Waals surface area contributed by atoms with Gasteiger partial charge in [-0.05, 0) is 40.7 Å². The van der Waals surface area contributed by atoms with Crippen LogP contribution in [0.5, 0.6) is 0 Å². The summed E-state index contributed by atoms with van der Waals surface area (Å²) in [4.78, 5) is 26.4. The van der Waals surface area contributed by atoms with E-state index in [1.54, 1.807) is 9.80 Å². The molecule has 19 heavy (non-hydrogen) atoms. The van der Waals surface area contributed by atoms with Gasteiger partial charge >= 0.3 is 5.97 Å². The van der Waals surface area contributed by atoms with Gasteiger partial charge in [0.05, 0.1) is 13.1 Å². The van der Waals surface area contributed by atoms with Crippen molar-refractivity contribution in [2.45, 2.75) is 53.1 Å². The zero-order valence-corrected chi connectivity index (χ0v) is 13.4. The number of nitrogens with zero attached hydrogens (tertiary/aromatic N) is 2. The average Bonchev–Trinajstić information content (AvgIpc) is 2.14. The third-order valence-corrected chi connectivity index (χ3v) is 2.66. The Morgan fingerprint density at radius 2 is 1.53 bits per heavy atom. The van der Waals surface area contributed by atoms with Crippen LogP contribution in [-0.4, -0.2) is 58.5 Å². The van der Waals surface area contributed by atoms with Crippen molar-refractivity contribution in [3.05, 3.63) is 0 Å². The third-order valence-electron chi connectivity index (χ3n) is 2.66. The molecule has 0 fully saturated rings. The van der Waals surface area contributed by atoms with Crippen molar-refractivity contribution in [2.75, 3.05) is 19.6 Å². The van der Waals surface area contributed by atoms with Gasteiger partial charge in [0.2, 0.25) is 5.91 Å². The lowest BCUT2D eigenvalue weighted by molar-refractivity contribution is -0.140. The fourth-order valence-electron chi connectivity index (χ4n) is 2.17. The summed E-state index contributed by atoms with van der Waals surface area (Å²) in [5.41, 5.74) is 0. The Labute approximate surface area is 122 Å². The number of hydrogen-bond acceptors (Lipinski definition) is 3. The molecule has 0 atom stereocenters. The summed E-state index contributed by atoms with van der Waals surface area (Å²) in [6.45, 7) is 10.6. The van der Waals surface area contributed by atoms with E-state index in [1.807, 2.05) is 34.6 Å². The molecular weight excluding hydrogens is 268 g/mol. The van der Waals surface area contributed by atoms with E-state index in [1.165, 1.54) is 0 Å². The van der Waals surface area contributed by atoms with Crippen LogP contribution >= 0.6 is 12.4 Å². The van der Waals surface area contributed by atoms with Gasteiger partial charge in [0, 0.05) is 12.1 Å². The Bertz CT molecular complexity index is 275. The largest absolute Gasteiger partial charge is 0.480 e. The maximum Gasteiger partial charge on any atom is 0.317 e. The summed E-state index contributed by atoms with van der Waals surface area (Å²) in [5.74, 6) is -0.897. The van der Waals surface area contributed by atoms with Crippen LogP contribution < -0.4 is 0 Å². The summed E-state index contributed by atoms with van der Waals surface area (Å²) in [6.07, 6.45) is 0.837. The minimum atomic E-state index is -0.892. The Kier molecular flexibility index (Phi) is 10.8. The van der Waals surface area contributed by atoms with Crippen LogP contribution in [0.1, 0.15) is 41.0 Å². The molecule has 0 aromatic carbocycles. The second-order valence-corrected chi connectivity index (χ2v) is 5.09.